The summed E-state index contributed by atoms with van der Waals surface area (Å²) < 4.78 is 18.8. The fourth-order valence-corrected chi connectivity index (χ4v) is 4.16. The van der Waals surface area contributed by atoms with Gasteiger partial charge in [-0.3, -0.25) is 14.9 Å². The molecule has 0 saturated heterocycles. The van der Waals surface area contributed by atoms with E-state index >= 15 is 0 Å². The van der Waals surface area contributed by atoms with Crippen LogP contribution in [-0.4, -0.2) is 28.5 Å². The van der Waals surface area contributed by atoms with Crippen molar-refractivity contribution in [2.24, 2.45) is 11.1 Å². The van der Waals surface area contributed by atoms with E-state index in [1.807, 2.05) is 30.3 Å². The van der Waals surface area contributed by atoms with Gasteiger partial charge < -0.3 is 15.8 Å². The first-order chi connectivity index (χ1) is 20.6. The molecule has 0 unspecified atom stereocenters. The van der Waals surface area contributed by atoms with Gasteiger partial charge in [0.1, 0.15) is 16.4 Å². The van der Waals surface area contributed by atoms with Crippen LogP contribution in [0.2, 0.25) is 0 Å². The number of ether oxygens (including phenoxy) is 1. The summed E-state index contributed by atoms with van der Waals surface area (Å²) in [5, 5.41) is 6.44. The molecule has 3 aromatic carbocycles. The monoisotopic (exact) mass is 616 g/mol. The molecule has 10 heteroatoms. The standard InChI is InChI=1S/C29H26FN3O3S.C5H11NO/c1-29(2,3)36-28(35)33-24-16-11-21(19-7-12-22(30)13-8-19)18-25(24)32-27(34)20-9-14-23(15-10-20)37-26-6-4-5-17-31-26;1-5(2,3)4(6)7/h4-18H,1-3H3,(H,32,34)(H,33,35);1-3H3,(H2,6,7). The highest BCUT2D eigenvalue weighted by atomic mass is 32.2. The van der Waals surface area contributed by atoms with Gasteiger partial charge in [0.2, 0.25) is 5.91 Å². The van der Waals surface area contributed by atoms with Gasteiger partial charge >= 0.3 is 6.09 Å². The summed E-state index contributed by atoms with van der Waals surface area (Å²) in [6, 6.07) is 24.0. The third-order valence-corrected chi connectivity index (χ3v) is 6.76. The number of amides is 3. The number of rotatable bonds is 6. The first-order valence-corrected chi connectivity index (χ1v) is 14.6. The van der Waals surface area contributed by atoms with E-state index in [1.165, 1.54) is 23.9 Å². The van der Waals surface area contributed by atoms with E-state index in [0.717, 1.165) is 21.0 Å². The zero-order chi connectivity index (χ0) is 32.5. The summed E-state index contributed by atoms with van der Waals surface area (Å²) >= 11 is 1.50. The van der Waals surface area contributed by atoms with Gasteiger partial charge in [-0.15, -0.1) is 0 Å². The maximum atomic E-state index is 13.4. The topological polar surface area (TPSA) is 123 Å². The Bertz CT molecular complexity index is 1580. The predicted molar refractivity (Wildman–Crippen MR) is 173 cm³/mol. The minimum Gasteiger partial charge on any atom is -0.444 e. The van der Waals surface area contributed by atoms with Crippen molar-refractivity contribution in [2.75, 3.05) is 10.6 Å². The largest absolute Gasteiger partial charge is 0.444 e. The van der Waals surface area contributed by atoms with Gasteiger partial charge in [0.25, 0.3) is 5.91 Å². The SMILES string of the molecule is CC(C)(C)C(N)=O.CC(C)(C)OC(=O)Nc1ccc(-c2ccc(F)cc2)cc1NC(=O)c1ccc(Sc2ccccn2)cc1. The van der Waals surface area contributed by atoms with Crippen molar-refractivity contribution < 1.29 is 23.5 Å². The van der Waals surface area contributed by atoms with Crippen molar-refractivity contribution in [3.63, 3.8) is 0 Å². The molecule has 4 rings (SSSR count). The van der Waals surface area contributed by atoms with Crippen LogP contribution in [0.15, 0.2) is 101 Å². The Hall–Kier alpha value is -4.70. The highest BCUT2D eigenvalue weighted by Gasteiger charge is 2.19. The van der Waals surface area contributed by atoms with Crippen LogP contribution in [-0.2, 0) is 9.53 Å². The van der Waals surface area contributed by atoms with Gasteiger partial charge in [-0.25, -0.2) is 14.2 Å². The maximum Gasteiger partial charge on any atom is 0.412 e. The molecule has 0 radical (unpaired) electrons. The van der Waals surface area contributed by atoms with Crippen molar-refractivity contribution in [3.05, 3.63) is 103 Å². The van der Waals surface area contributed by atoms with E-state index in [0.29, 0.717) is 16.9 Å². The Kier molecular flexibility index (Phi) is 11.3. The Balaban J connectivity index is 0.000000676. The summed E-state index contributed by atoms with van der Waals surface area (Å²) in [6.07, 6.45) is 1.08. The van der Waals surface area contributed by atoms with Crippen LogP contribution >= 0.6 is 11.8 Å². The number of carbonyl (C=O) groups excluding carboxylic acids is 3. The van der Waals surface area contributed by atoms with Crippen molar-refractivity contribution in [1.82, 2.24) is 4.98 Å². The number of nitrogens with zero attached hydrogens (tertiary/aromatic N) is 1. The predicted octanol–water partition coefficient (Wildman–Crippen LogP) is 8.16. The average molecular weight is 617 g/mol. The molecule has 0 atom stereocenters. The van der Waals surface area contributed by atoms with Gasteiger partial charge in [0, 0.05) is 22.1 Å². The van der Waals surface area contributed by atoms with Gasteiger partial charge in [-0.05, 0) is 92.6 Å². The molecule has 0 aliphatic rings. The first kappa shape index (κ1) is 33.8. The minimum absolute atomic E-state index is 0.257. The zero-order valence-electron chi connectivity index (χ0n) is 25.6. The maximum absolute atomic E-state index is 13.4. The number of anilines is 2. The summed E-state index contributed by atoms with van der Waals surface area (Å²) in [5.41, 5.74) is 6.58. The van der Waals surface area contributed by atoms with E-state index in [9.17, 15) is 18.8 Å². The van der Waals surface area contributed by atoms with Crippen LogP contribution in [0, 0.1) is 11.2 Å². The summed E-state index contributed by atoms with van der Waals surface area (Å²) in [4.78, 5) is 41.0. The molecule has 0 bridgehead atoms. The number of carbonyl (C=O) groups is 3. The zero-order valence-corrected chi connectivity index (χ0v) is 26.4. The van der Waals surface area contributed by atoms with E-state index in [4.69, 9.17) is 10.5 Å². The Morgan fingerprint density at radius 1 is 0.795 bits per heavy atom. The van der Waals surface area contributed by atoms with Gasteiger partial charge in [0.05, 0.1) is 11.4 Å². The average Bonchev–Trinajstić information content (AvgIpc) is 2.94. The van der Waals surface area contributed by atoms with Gasteiger partial charge in [0.15, 0.2) is 0 Å². The first-order valence-electron chi connectivity index (χ1n) is 13.8. The number of nitrogens with one attached hydrogen (secondary N) is 2. The molecule has 1 heterocycles. The minimum atomic E-state index is -0.684. The molecule has 0 fully saturated rings. The number of hydrogen-bond donors (Lipinski definition) is 3. The molecular formula is C34H37FN4O4S. The molecule has 230 valence electrons. The van der Waals surface area contributed by atoms with Crippen molar-refractivity contribution >= 4 is 41.0 Å². The molecule has 0 spiro atoms. The van der Waals surface area contributed by atoms with E-state index in [2.05, 4.69) is 15.6 Å². The second-order valence-corrected chi connectivity index (χ2v) is 12.9. The lowest BCUT2D eigenvalue weighted by Gasteiger charge is -2.21. The molecule has 4 N–H and O–H groups in total. The lowest BCUT2D eigenvalue weighted by molar-refractivity contribution is -0.125. The second-order valence-electron chi connectivity index (χ2n) is 11.8. The fourth-order valence-electron chi connectivity index (χ4n) is 3.39. The van der Waals surface area contributed by atoms with E-state index in [-0.39, 0.29) is 23.0 Å². The number of hydrogen-bond acceptors (Lipinski definition) is 6. The highest BCUT2D eigenvalue weighted by molar-refractivity contribution is 7.99. The summed E-state index contributed by atoms with van der Waals surface area (Å²) in [6.45, 7) is 10.7. The molecule has 1 aromatic heterocycles. The Labute approximate surface area is 261 Å². The van der Waals surface area contributed by atoms with Crippen LogP contribution < -0.4 is 16.4 Å². The number of nitrogens with two attached hydrogens (primary N) is 1. The molecule has 44 heavy (non-hydrogen) atoms. The number of pyridine rings is 1. The molecule has 3 amide bonds. The number of halogens is 1. The third-order valence-electron chi connectivity index (χ3n) is 5.80. The number of aromatic nitrogens is 1. The fraction of sp³-hybridized carbons (Fsp3) is 0.235. The molecular weight excluding hydrogens is 579 g/mol. The van der Waals surface area contributed by atoms with Crippen LogP contribution in [0.5, 0.6) is 0 Å². The molecule has 0 saturated carbocycles. The smallest absolute Gasteiger partial charge is 0.412 e. The highest BCUT2D eigenvalue weighted by Crippen LogP contribution is 2.31. The number of benzene rings is 3. The summed E-state index contributed by atoms with van der Waals surface area (Å²) in [7, 11) is 0. The van der Waals surface area contributed by atoms with Crippen LogP contribution in [0.3, 0.4) is 0 Å². The lowest BCUT2D eigenvalue weighted by Crippen LogP contribution is -2.27. The van der Waals surface area contributed by atoms with E-state index in [1.54, 1.807) is 90.2 Å². The molecule has 8 nitrogen and oxygen atoms in total. The van der Waals surface area contributed by atoms with Crippen molar-refractivity contribution in [2.45, 2.75) is 57.1 Å². The number of primary amides is 1. The van der Waals surface area contributed by atoms with E-state index < -0.39 is 11.7 Å². The Morgan fingerprint density at radius 2 is 1.41 bits per heavy atom. The third kappa shape index (κ3) is 10.9. The molecule has 0 aliphatic carbocycles. The normalized spacial score (nSPS) is 11.1. The molecule has 0 aliphatic heterocycles. The second kappa shape index (κ2) is 14.7. The van der Waals surface area contributed by atoms with Gasteiger partial charge in [-0.2, -0.15) is 0 Å². The molecule has 4 aromatic rings. The lowest BCUT2D eigenvalue weighted by atomic mass is 9.96. The quantitative estimate of drug-likeness (QED) is 0.201. The summed E-state index contributed by atoms with van der Waals surface area (Å²) in [5.74, 6) is -0.949. The van der Waals surface area contributed by atoms with Crippen LogP contribution in [0.1, 0.15) is 51.9 Å². The van der Waals surface area contributed by atoms with Gasteiger partial charge in [-0.1, -0.05) is 56.8 Å². The van der Waals surface area contributed by atoms with Crippen LogP contribution in [0.4, 0.5) is 20.6 Å². The van der Waals surface area contributed by atoms with Crippen molar-refractivity contribution in [3.8, 4) is 11.1 Å². The van der Waals surface area contributed by atoms with Crippen LogP contribution in [0.25, 0.3) is 11.1 Å². The van der Waals surface area contributed by atoms with Crippen molar-refractivity contribution in [1.29, 1.82) is 0 Å². The Morgan fingerprint density at radius 3 is 1.95 bits per heavy atom.